The third-order valence-electron chi connectivity index (χ3n) is 3.71. The van der Waals surface area contributed by atoms with Crippen LogP contribution in [0.2, 0.25) is 0 Å². The van der Waals surface area contributed by atoms with Crippen molar-refractivity contribution >= 4 is 5.69 Å². The first-order chi connectivity index (χ1) is 10.4. The van der Waals surface area contributed by atoms with Crippen molar-refractivity contribution in [2.75, 3.05) is 37.7 Å². The summed E-state index contributed by atoms with van der Waals surface area (Å²) in [6, 6.07) is 8.43. The number of ether oxygens (including phenoxy) is 1. The molecule has 0 unspecified atom stereocenters. The summed E-state index contributed by atoms with van der Waals surface area (Å²) in [5, 5.41) is 3.37. The van der Waals surface area contributed by atoms with Gasteiger partial charge in [-0.15, -0.1) is 0 Å². The average Bonchev–Trinajstić information content (AvgIpc) is 3.06. The van der Waals surface area contributed by atoms with Crippen molar-refractivity contribution in [3.05, 3.63) is 43.0 Å². The zero-order valence-corrected chi connectivity index (χ0v) is 12.2. The van der Waals surface area contributed by atoms with E-state index in [9.17, 15) is 0 Å². The number of anilines is 1. The van der Waals surface area contributed by atoms with E-state index < -0.39 is 0 Å². The van der Waals surface area contributed by atoms with Crippen LogP contribution in [0.1, 0.15) is 6.42 Å². The first-order valence-electron chi connectivity index (χ1n) is 7.56. The SMILES string of the molecule is c1cn(CCCOc2ccc(N3CCNCC3)cc2)cn1. The molecule has 0 aliphatic carbocycles. The fourth-order valence-corrected chi connectivity index (χ4v) is 2.53. The van der Waals surface area contributed by atoms with Crippen LogP contribution in [0, 0.1) is 0 Å². The van der Waals surface area contributed by atoms with E-state index >= 15 is 0 Å². The number of imidazole rings is 1. The molecule has 1 aromatic heterocycles. The zero-order chi connectivity index (χ0) is 14.3. The fourth-order valence-electron chi connectivity index (χ4n) is 2.53. The molecule has 3 rings (SSSR count). The molecule has 1 aliphatic rings. The number of nitrogens with one attached hydrogen (secondary N) is 1. The molecule has 0 spiro atoms. The van der Waals surface area contributed by atoms with Gasteiger partial charge in [0.15, 0.2) is 0 Å². The largest absolute Gasteiger partial charge is 0.494 e. The van der Waals surface area contributed by atoms with Crippen LogP contribution in [-0.4, -0.2) is 42.3 Å². The van der Waals surface area contributed by atoms with Crippen molar-refractivity contribution in [2.45, 2.75) is 13.0 Å². The molecule has 0 bridgehead atoms. The minimum Gasteiger partial charge on any atom is -0.494 e. The molecule has 1 aromatic carbocycles. The van der Waals surface area contributed by atoms with Gasteiger partial charge < -0.3 is 19.5 Å². The molecular weight excluding hydrogens is 264 g/mol. The summed E-state index contributed by atoms with van der Waals surface area (Å²) in [5.41, 5.74) is 1.28. The van der Waals surface area contributed by atoms with Gasteiger partial charge in [0.1, 0.15) is 5.75 Å². The van der Waals surface area contributed by atoms with Gasteiger partial charge in [0.05, 0.1) is 12.9 Å². The second-order valence-corrected chi connectivity index (χ2v) is 5.23. The van der Waals surface area contributed by atoms with Gasteiger partial charge >= 0.3 is 0 Å². The summed E-state index contributed by atoms with van der Waals surface area (Å²) in [7, 11) is 0. The summed E-state index contributed by atoms with van der Waals surface area (Å²) in [6.45, 7) is 5.94. The van der Waals surface area contributed by atoms with Gasteiger partial charge in [-0.25, -0.2) is 4.98 Å². The molecule has 1 saturated heterocycles. The Kier molecular flexibility index (Phi) is 4.74. The van der Waals surface area contributed by atoms with Crippen molar-refractivity contribution in [1.82, 2.24) is 14.9 Å². The number of aryl methyl sites for hydroxylation is 1. The molecule has 112 valence electrons. The van der Waals surface area contributed by atoms with Gasteiger partial charge in [-0.1, -0.05) is 0 Å². The number of aromatic nitrogens is 2. The van der Waals surface area contributed by atoms with E-state index in [4.69, 9.17) is 4.74 Å². The van der Waals surface area contributed by atoms with E-state index in [1.165, 1.54) is 5.69 Å². The summed E-state index contributed by atoms with van der Waals surface area (Å²) >= 11 is 0. The maximum atomic E-state index is 5.78. The summed E-state index contributed by atoms with van der Waals surface area (Å²) in [6.07, 6.45) is 6.59. The Morgan fingerprint density at radius 1 is 1.14 bits per heavy atom. The lowest BCUT2D eigenvalue weighted by Crippen LogP contribution is -2.43. The number of hydrogen-bond donors (Lipinski definition) is 1. The second kappa shape index (κ2) is 7.13. The Hall–Kier alpha value is -2.01. The van der Waals surface area contributed by atoms with Gasteiger partial charge in [-0.05, 0) is 30.7 Å². The summed E-state index contributed by atoms with van der Waals surface area (Å²) < 4.78 is 7.85. The normalized spacial score (nSPS) is 15.1. The van der Waals surface area contributed by atoms with Crippen LogP contribution in [0.15, 0.2) is 43.0 Å². The van der Waals surface area contributed by atoms with E-state index in [1.807, 2.05) is 12.5 Å². The zero-order valence-electron chi connectivity index (χ0n) is 12.2. The average molecular weight is 286 g/mol. The Morgan fingerprint density at radius 3 is 2.67 bits per heavy atom. The molecular formula is C16H22N4O. The Morgan fingerprint density at radius 2 is 1.95 bits per heavy atom. The molecule has 0 amide bonds. The summed E-state index contributed by atoms with van der Waals surface area (Å²) in [5.74, 6) is 0.944. The number of hydrogen-bond acceptors (Lipinski definition) is 4. The second-order valence-electron chi connectivity index (χ2n) is 5.23. The van der Waals surface area contributed by atoms with Crippen LogP contribution in [0.25, 0.3) is 0 Å². The molecule has 5 nitrogen and oxygen atoms in total. The predicted molar refractivity (Wildman–Crippen MR) is 83.9 cm³/mol. The number of rotatable bonds is 6. The third kappa shape index (κ3) is 3.98. The highest BCUT2D eigenvalue weighted by atomic mass is 16.5. The summed E-state index contributed by atoms with van der Waals surface area (Å²) in [4.78, 5) is 6.43. The molecule has 5 heteroatoms. The highest BCUT2D eigenvalue weighted by molar-refractivity contribution is 5.49. The first-order valence-corrected chi connectivity index (χ1v) is 7.56. The topological polar surface area (TPSA) is 42.3 Å². The van der Waals surface area contributed by atoms with Gasteiger partial charge in [0.25, 0.3) is 0 Å². The van der Waals surface area contributed by atoms with Crippen LogP contribution in [0.3, 0.4) is 0 Å². The van der Waals surface area contributed by atoms with Crippen LogP contribution >= 0.6 is 0 Å². The van der Waals surface area contributed by atoms with Crippen LogP contribution < -0.4 is 15.0 Å². The van der Waals surface area contributed by atoms with Crippen molar-refractivity contribution < 1.29 is 4.74 Å². The van der Waals surface area contributed by atoms with Crippen LogP contribution in [-0.2, 0) is 6.54 Å². The minimum absolute atomic E-state index is 0.727. The molecule has 21 heavy (non-hydrogen) atoms. The van der Waals surface area contributed by atoms with E-state index in [0.29, 0.717) is 0 Å². The molecule has 0 saturated carbocycles. The lowest BCUT2D eigenvalue weighted by atomic mass is 10.2. The highest BCUT2D eigenvalue weighted by Crippen LogP contribution is 2.19. The number of nitrogens with zero attached hydrogens (tertiary/aromatic N) is 3. The quantitative estimate of drug-likeness (QED) is 0.822. The molecule has 2 aromatic rings. The van der Waals surface area contributed by atoms with Crippen molar-refractivity contribution in [3.63, 3.8) is 0 Å². The van der Waals surface area contributed by atoms with E-state index in [-0.39, 0.29) is 0 Å². The van der Waals surface area contributed by atoms with Gasteiger partial charge in [0.2, 0.25) is 0 Å². The van der Waals surface area contributed by atoms with Gasteiger partial charge in [-0.3, -0.25) is 0 Å². The van der Waals surface area contributed by atoms with Crippen molar-refractivity contribution in [1.29, 1.82) is 0 Å². The molecule has 1 fully saturated rings. The Balaban J connectivity index is 1.43. The standard InChI is InChI=1S/C16H22N4O/c1(9-19-10-6-18-14-19)13-21-16-4-2-15(3-5-16)20-11-7-17-8-12-20/h2-6,10,14,17H,1,7-9,11-13H2. The Labute approximate surface area is 125 Å². The number of benzene rings is 1. The molecule has 1 N–H and O–H groups in total. The molecule has 1 aliphatic heterocycles. The maximum absolute atomic E-state index is 5.78. The van der Waals surface area contributed by atoms with E-state index in [2.05, 4.69) is 44.0 Å². The van der Waals surface area contributed by atoms with Crippen LogP contribution in [0.4, 0.5) is 5.69 Å². The van der Waals surface area contributed by atoms with E-state index in [1.54, 1.807) is 6.20 Å². The highest BCUT2D eigenvalue weighted by Gasteiger charge is 2.09. The maximum Gasteiger partial charge on any atom is 0.119 e. The fraction of sp³-hybridized carbons (Fsp3) is 0.438. The minimum atomic E-state index is 0.727. The Bertz CT molecular complexity index is 518. The molecule has 2 heterocycles. The molecule has 0 radical (unpaired) electrons. The van der Waals surface area contributed by atoms with Crippen molar-refractivity contribution in [2.24, 2.45) is 0 Å². The first kappa shape index (κ1) is 13.9. The predicted octanol–water partition coefficient (Wildman–Crippen LogP) is 1.76. The monoisotopic (exact) mass is 286 g/mol. The van der Waals surface area contributed by atoms with Crippen LogP contribution in [0.5, 0.6) is 5.75 Å². The third-order valence-corrected chi connectivity index (χ3v) is 3.71. The lowest BCUT2D eigenvalue weighted by molar-refractivity contribution is 0.302. The lowest BCUT2D eigenvalue weighted by Gasteiger charge is -2.29. The van der Waals surface area contributed by atoms with Gasteiger partial charge in [0, 0.05) is 50.8 Å². The van der Waals surface area contributed by atoms with Gasteiger partial charge in [-0.2, -0.15) is 0 Å². The smallest absolute Gasteiger partial charge is 0.119 e. The molecule has 0 atom stereocenters. The number of piperazine rings is 1. The van der Waals surface area contributed by atoms with E-state index in [0.717, 1.165) is 51.5 Å². The van der Waals surface area contributed by atoms with Crippen molar-refractivity contribution in [3.8, 4) is 5.75 Å².